The largest absolute Gasteiger partial charge is 0.169 e. The van der Waals surface area contributed by atoms with Crippen LogP contribution < -0.4 is 0 Å². The molecule has 0 aromatic rings. The molecule has 0 spiro atoms. The van der Waals surface area contributed by atoms with Crippen molar-refractivity contribution in [1.29, 1.82) is 0 Å². The van der Waals surface area contributed by atoms with E-state index >= 15 is 0 Å². The Morgan fingerprint density at radius 2 is 0.833 bits per heavy atom. The second kappa shape index (κ2) is 2.80. The summed E-state index contributed by atoms with van der Waals surface area (Å²) in [6.45, 7) is 0. The van der Waals surface area contributed by atoms with E-state index in [0.29, 0.717) is 18.9 Å². The van der Waals surface area contributed by atoms with Crippen LogP contribution in [0.15, 0.2) is 0 Å². The van der Waals surface area contributed by atoms with Crippen molar-refractivity contribution in [2.24, 2.45) is 0 Å². The van der Waals surface area contributed by atoms with Gasteiger partial charge < -0.3 is 0 Å². The molecule has 0 N–H and O–H groups in total. The molecule has 0 aromatic carbocycles. The Balaban J connectivity index is 3.68. The molecule has 0 saturated carbocycles. The Bertz CT molecular complexity index is 55.6. The molecule has 40 valence electrons. The Hall–Kier alpha value is 0.700. The van der Waals surface area contributed by atoms with Gasteiger partial charge in [0.05, 0.1) is 0 Å². The van der Waals surface area contributed by atoms with Gasteiger partial charge in [0.1, 0.15) is 0 Å². The summed E-state index contributed by atoms with van der Waals surface area (Å²) in [5.41, 5.74) is 0. The fourth-order valence-corrected chi connectivity index (χ4v) is 0. The Morgan fingerprint density at radius 3 is 0.833 bits per heavy atom. The quantitative estimate of drug-likeness (QED) is 0.445. The van der Waals surface area contributed by atoms with Crippen molar-refractivity contribution in [3.8, 4) is 0 Å². The van der Waals surface area contributed by atoms with Crippen LogP contribution in [-0.2, 0) is 18.9 Å². The third-order valence-electron chi connectivity index (χ3n) is 0.667. The van der Waals surface area contributed by atoms with Crippen LogP contribution in [0.4, 0.5) is 0 Å². The molecule has 0 aliphatic rings. The summed E-state index contributed by atoms with van der Waals surface area (Å²) < 4.78 is 0. The lowest BCUT2D eigenvalue weighted by atomic mass is 11.9. The zero-order valence-electron chi connectivity index (χ0n) is 4.82. The first-order chi connectivity index (χ1) is 2.64. The zero-order valence-corrected chi connectivity index (χ0v) is 6.45. The van der Waals surface area contributed by atoms with Gasteiger partial charge in [-0.15, -0.1) is 0 Å². The minimum absolute atomic E-state index is 0.660. The fraction of sp³-hybridized carbons (Fsp3) is 1.00. The molecule has 0 unspecified atom stereocenters. The predicted octanol–water partition coefficient (Wildman–Crippen LogP) is 0.657. The Kier molecular flexibility index (Phi) is 3.13. The van der Waals surface area contributed by atoms with Gasteiger partial charge in [0, 0.05) is 0 Å². The topological polar surface area (TPSA) is 0 Å². The number of hydrogen-bond acceptors (Lipinski definition) is 0. The van der Waals surface area contributed by atoms with Gasteiger partial charge in [0.25, 0.3) is 0 Å². The third-order valence-corrected chi connectivity index (χ3v) is 6.00. The first kappa shape index (κ1) is 6.70. The maximum atomic E-state index is 2.28. The van der Waals surface area contributed by atoms with Crippen molar-refractivity contribution in [1.82, 2.24) is 0 Å². The van der Waals surface area contributed by atoms with Crippen LogP contribution >= 0.6 is 0 Å². The summed E-state index contributed by atoms with van der Waals surface area (Å²) in [6, 6.07) is 0. The van der Waals surface area contributed by atoms with E-state index in [2.05, 4.69) is 25.0 Å². The molecule has 0 saturated heterocycles. The fourth-order valence-electron chi connectivity index (χ4n) is 0. The molecule has 0 aromatic heterocycles. The minimum atomic E-state index is 0.660. The van der Waals surface area contributed by atoms with Gasteiger partial charge >= 0.3 is 0 Å². The van der Waals surface area contributed by atoms with Crippen LogP contribution in [0.1, 0.15) is 0 Å². The van der Waals surface area contributed by atoms with E-state index in [1.807, 2.05) is 0 Å². The number of rotatable bonds is 0. The molecule has 0 radical (unpaired) electrons. The molecular formula is C4H12S2. The van der Waals surface area contributed by atoms with Crippen LogP contribution in [0.2, 0.25) is 0 Å². The van der Waals surface area contributed by atoms with Crippen LogP contribution in [0.25, 0.3) is 0 Å². The summed E-state index contributed by atoms with van der Waals surface area (Å²) in [5.74, 6) is 0. The lowest BCUT2D eigenvalue weighted by molar-refractivity contribution is 2.29. The van der Waals surface area contributed by atoms with E-state index in [9.17, 15) is 0 Å². The number of hydrogen-bond donors (Lipinski definition) is 0. The van der Waals surface area contributed by atoms with Crippen molar-refractivity contribution < 1.29 is 0 Å². The highest BCUT2D eigenvalue weighted by Crippen LogP contribution is 1.74. The van der Waals surface area contributed by atoms with E-state index in [-0.39, 0.29) is 0 Å². The van der Waals surface area contributed by atoms with Crippen LogP contribution in [0.3, 0.4) is 0 Å². The molecule has 0 rings (SSSR count). The zero-order chi connectivity index (χ0) is 5.15. The van der Waals surface area contributed by atoms with Crippen molar-refractivity contribution >= 4 is 18.9 Å². The van der Waals surface area contributed by atoms with Crippen molar-refractivity contribution in [2.45, 2.75) is 0 Å². The predicted molar refractivity (Wildman–Crippen MR) is 38.4 cm³/mol. The molecule has 0 amide bonds. The molecule has 6 heavy (non-hydrogen) atoms. The van der Waals surface area contributed by atoms with E-state index < -0.39 is 0 Å². The standard InChI is InChI=1S/C4H12S2/c1-5(2)6(3)4/h1-4H3. The third kappa shape index (κ3) is 2.91. The lowest BCUT2D eigenvalue weighted by Gasteiger charge is -1.92. The van der Waals surface area contributed by atoms with Gasteiger partial charge in [-0.1, -0.05) is 0 Å². The molecule has 0 fully saturated rings. The first-order valence-corrected chi connectivity index (χ1v) is 6.40. The lowest BCUT2D eigenvalue weighted by Crippen LogP contribution is -1.89. The smallest absolute Gasteiger partial charge is 0.0187 e. The summed E-state index contributed by atoms with van der Waals surface area (Å²) in [6.07, 6.45) is 9.12. The second-order valence-corrected chi connectivity index (χ2v) is 8.45. The average Bonchev–Trinajstić information content (AvgIpc) is 1.36. The molecule has 2 heteroatoms. The van der Waals surface area contributed by atoms with Gasteiger partial charge in [-0.3, -0.25) is 0 Å². The van der Waals surface area contributed by atoms with Gasteiger partial charge in [0.15, 0.2) is 0 Å². The molecular weight excluding hydrogens is 112 g/mol. The van der Waals surface area contributed by atoms with Crippen molar-refractivity contribution in [3.05, 3.63) is 0 Å². The van der Waals surface area contributed by atoms with Crippen LogP contribution in [0, 0.1) is 0 Å². The second-order valence-electron chi connectivity index (χ2n) is 1.48. The molecule has 0 aliphatic heterocycles. The molecule has 0 bridgehead atoms. The molecule has 0 atom stereocenters. The van der Waals surface area contributed by atoms with Gasteiger partial charge in [-0.2, -0.15) is 18.9 Å². The molecule has 0 aliphatic carbocycles. The Morgan fingerprint density at radius 1 is 0.667 bits per heavy atom. The summed E-state index contributed by atoms with van der Waals surface area (Å²) in [5, 5.41) is 0. The summed E-state index contributed by atoms with van der Waals surface area (Å²) in [4.78, 5) is 0. The summed E-state index contributed by atoms with van der Waals surface area (Å²) in [7, 11) is 1.32. The highest BCUT2D eigenvalue weighted by atomic mass is 32.9. The van der Waals surface area contributed by atoms with E-state index in [4.69, 9.17) is 0 Å². The average molecular weight is 124 g/mol. The first-order valence-electron chi connectivity index (χ1n) is 1.80. The van der Waals surface area contributed by atoms with Crippen molar-refractivity contribution in [2.75, 3.05) is 25.0 Å². The molecule has 0 heterocycles. The Labute approximate surface area is 44.5 Å². The van der Waals surface area contributed by atoms with E-state index in [0.717, 1.165) is 0 Å². The van der Waals surface area contributed by atoms with Crippen LogP contribution in [0.5, 0.6) is 0 Å². The monoisotopic (exact) mass is 124 g/mol. The molecule has 0 nitrogen and oxygen atoms in total. The SMILES string of the molecule is CS(C)=S(C)C. The van der Waals surface area contributed by atoms with Crippen LogP contribution in [-0.4, -0.2) is 25.0 Å². The summed E-state index contributed by atoms with van der Waals surface area (Å²) >= 11 is 0. The maximum absolute atomic E-state index is 2.28. The maximum Gasteiger partial charge on any atom is -0.0187 e. The van der Waals surface area contributed by atoms with Gasteiger partial charge in [-0.25, -0.2) is 0 Å². The van der Waals surface area contributed by atoms with Crippen molar-refractivity contribution in [3.63, 3.8) is 0 Å². The van der Waals surface area contributed by atoms with Gasteiger partial charge in [-0.05, 0) is 25.0 Å². The highest BCUT2D eigenvalue weighted by molar-refractivity contribution is 8.43. The van der Waals surface area contributed by atoms with E-state index in [1.54, 1.807) is 0 Å². The normalized spacial score (nSPS) is 11.0. The highest BCUT2D eigenvalue weighted by Gasteiger charge is 1.70. The van der Waals surface area contributed by atoms with E-state index in [1.165, 1.54) is 0 Å². The van der Waals surface area contributed by atoms with Gasteiger partial charge in [0.2, 0.25) is 0 Å². The minimum Gasteiger partial charge on any atom is -0.169 e.